The van der Waals surface area contributed by atoms with Crippen molar-refractivity contribution < 1.29 is 9.53 Å². The van der Waals surface area contributed by atoms with Crippen LogP contribution >= 0.6 is 0 Å². The highest BCUT2D eigenvalue weighted by Gasteiger charge is 2.31. The third-order valence-electron chi connectivity index (χ3n) is 6.12. The number of ether oxygens (including phenoxy) is 1. The second-order valence-electron chi connectivity index (χ2n) is 8.23. The summed E-state index contributed by atoms with van der Waals surface area (Å²) in [5.74, 6) is 0.288. The zero-order chi connectivity index (χ0) is 21.2. The molecule has 160 valence electrons. The topological polar surface area (TPSA) is 81.9 Å². The molecule has 0 saturated heterocycles. The van der Waals surface area contributed by atoms with Gasteiger partial charge >= 0.3 is 5.97 Å². The largest absolute Gasteiger partial charge is 0.461 e. The highest BCUT2D eigenvalue weighted by Crippen LogP contribution is 2.35. The lowest BCUT2D eigenvalue weighted by Gasteiger charge is -2.19. The minimum absolute atomic E-state index is 0.327. The molecular formula is C24H27N5O2. The first-order valence-corrected chi connectivity index (χ1v) is 11.2. The van der Waals surface area contributed by atoms with Gasteiger partial charge in [-0.2, -0.15) is 5.10 Å². The van der Waals surface area contributed by atoms with Gasteiger partial charge in [0.05, 0.1) is 24.5 Å². The average molecular weight is 418 g/mol. The van der Waals surface area contributed by atoms with E-state index in [1.165, 1.54) is 12.8 Å². The molecule has 1 saturated carbocycles. The molecule has 0 bridgehead atoms. The second-order valence-corrected chi connectivity index (χ2v) is 8.23. The van der Waals surface area contributed by atoms with E-state index in [4.69, 9.17) is 14.8 Å². The number of fused-ring (bicyclic) bond motifs is 3. The van der Waals surface area contributed by atoms with E-state index in [9.17, 15) is 4.79 Å². The van der Waals surface area contributed by atoms with Crippen LogP contribution in [0, 0.1) is 0 Å². The molecule has 7 nitrogen and oxygen atoms in total. The number of carbonyl (C=O) groups excluding carboxylic acids is 1. The summed E-state index contributed by atoms with van der Waals surface area (Å²) >= 11 is 0. The number of nitrogens with zero attached hydrogens (tertiary/aromatic N) is 4. The van der Waals surface area contributed by atoms with E-state index < -0.39 is 0 Å². The predicted octanol–water partition coefficient (Wildman–Crippen LogP) is 4.02. The predicted molar refractivity (Wildman–Crippen MR) is 118 cm³/mol. The molecule has 2 aromatic heterocycles. The van der Waals surface area contributed by atoms with Crippen molar-refractivity contribution in [3.05, 3.63) is 58.9 Å². The molecule has 2 aliphatic rings. The Hall–Kier alpha value is -3.22. The molecule has 31 heavy (non-hydrogen) atoms. The van der Waals surface area contributed by atoms with Crippen molar-refractivity contribution in [3.8, 4) is 11.4 Å². The number of carbonyl (C=O) groups is 1. The van der Waals surface area contributed by atoms with Crippen LogP contribution in [0.3, 0.4) is 0 Å². The Morgan fingerprint density at radius 1 is 1.19 bits per heavy atom. The van der Waals surface area contributed by atoms with Crippen molar-refractivity contribution >= 4 is 11.9 Å². The standard InChI is InChI=1S/C24H27N5O2/c1-2-31-23(30)21-19-13-12-17-14-25-24(26-18-10-6-7-11-18)27-20(17)22(19)29(28-21)15-16-8-4-3-5-9-16/h3-5,8-9,14,18H,2,6-7,10-13,15H2,1H3,(H,25,26,27). The zero-order valence-corrected chi connectivity index (χ0v) is 17.8. The number of hydrogen-bond acceptors (Lipinski definition) is 6. The van der Waals surface area contributed by atoms with Crippen LogP contribution in [-0.4, -0.2) is 38.4 Å². The van der Waals surface area contributed by atoms with Gasteiger partial charge in [0.2, 0.25) is 5.95 Å². The van der Waals surface area contributed by atoms with Crippen molar-refractivity contribution in [3.63, 3.8) is 0 Å². The van der Waals surface area contributed by atoms with Crippen molar-refractivity contribution in [1.29, 1.82) is 0 Å². The van der Waals surface area contributed by atoms with E-state index in [-0.39, 0.29) is 5.97 Å². The Labute approximate surface area is 181 Å². The van der Waals surface area contributed by atoms with Gasteiger partial charge in [0.15, 0.2) is 5.69 Å². The monoisotopic (exact) mass is 417 g/mol. The Bertz CT molecular complexity index is 1090. The number of nitrogens with one attached hydrogen (secondary N) is 1. The molecule has 1 fully saturated rings. The number of rotatable bonds is 6. The van der Waals surface area contributed by atoms with Gasteiger partial charge in [-0.15, -0.1) is 0 Å². The summed E-state index contributed by atoms with van der Waals surface area (Å²) in [5, 5.41) is 8.20. The number of benzene rings is 1. The summed E-state index contributed by atoms with van der Waals surface area (Å²) in [4.78, 5) is 22.1. The summed E-state index contributed by atoms with van der Waals surface area (Å²) in [6, 6.07) is 10.6. The van der Waals surface area contributed by atoms with Gasteiger partial charge in [-0.05, 0) is 43.7 Å². The summed E-state index contributed by atoms with van der Waals surface area (Å²) in [7, 11) is 0. The smallest absolute Gasteiger partial charge is 0.359 e. The molecule has 2 heterocycles. The lowest BCUT2D eigenvalue weighted by atomic mass is 9.93. The first-order chi connectivity index (χ1) is 15.2. The van der Waals surface area contributed by atoms with E-state index in [1.807, 2.05) is 36.0 Å². The van der Waals surface area contributed by atoms with Gasteiger partial charge in [0.25, 0.3) is 0 Å². The van der Waals surface area contributed by atoms with Crippen LogP contribution in [-0.2, 0) is 24.1 Å². The van der Waals surface area contributed by atoms with Crippen LogP contribution in [0.5, 0.6) is 0 Å². The van der Waals surface area contributed by atoms with Crippen LogP contribution in [0.2, 0.25) is 0 Å². The Balaban J connectivity index is 1.57. The van der Waals surface area contributed by atoms with Crippen molar-refractivity contribution in [2.75, 3.05) is 11.9 Å². The Morgan fingerprint density at radius 2 is 2.00 bits per heavy atom. The fourth-order valence-electron chi connectivity index (χ4n) is 4.61. The summed E-state index contributed by atoms with van der Waals surface area (Å²) in [6.07, 6.45) is 8.25. The van der Waals surface area contributed by atoms with E-state index >= 15 is 0 Å². The van der Waals surface area contributed by atoms with Crippen molar-refractivity contribution in [2.24, 2.45) is 0 Å². The number of aromatic nitrogens is 4. The molecule has 0 spiro atoms. The van der Waals surface area contributed by atoms with Crippen LogP contribution in [0.4, 0.5) is 5.95 Å². The zero-order valence-electron chi connectivity index (χ0n) is 17.8. The lowest BCUT2D eigenvalue weighted by Crippen LogP contribution is -2.18. The maximum atomic E-state index is 12.6. The lowest BCUT2D eigenvalue weighted by molar-refractivity contribution is 0.0517. The molecule has 0 atom stereocenters. The third kappa shape index (κ3) is 3.92. The van der Waals surface area contributed by atoms with Gasteiger partial charge in [-0.1, -0.05) is 43.2 Å². The SMILES string of the molecule is CCOC(=O)c1nn(Cc2ccccc2)c2c1CCc1cnc(NC3CCCC3)nc1-2. The summed E-state index contributed by atoms with van der Waals surface area (Å²) < 4.78 is 7.20. The van der Waals surface area contributed by atoms with Crippen LogP contribution in [0.15, 0.2) is 36.5 Å². The fraction of sp³-hybridized carbons (Fsp3) is 0.417. The van der Waals surface area contributed by atoms with Gasteiger partial charge in [0, 0.05) is 17.8 Å². The number of esters is 1. The molecule has 0 aliphatic heterocycles. The van der Waals surface area contributed by atoms with Gasteiger partial charge in [-0.3, -0.25) is 4.68 Å². The van der Waals surface area contributed by atoms with E-state index in [0.717, 1.165) is 53.8 Å². The molecule has 0 radical (unpaired) electrons. The fourth-order valence-corrected chi connectivity index (χ4v) is 4.61. The van der Waals surface area contributed by atoms with Crippen molar-refractivity contribution in [1.82, 2.24) is 19.7 Å². The molecule has 5 rings (SSSR count). The Morgan fingerprint density at radius 3 is 2.77 bits per heavy atom. The van der Waals surface area contributed by atoms with E-state index in [2.05, 4.69) is 22.4 Å². The molecule has 1 N–H and O–H groups in total. The van der Waals surface area contributed by atoms with E-state index in [1.54, 1.807) is 0 Å². The minimum Gasteiger partial charge on any atom is -0.461 e. The molecular weight excluding hydrogens is 390 g/mol. The first-order valence-electron chi connectivity index (χ1n) is 11.2. The average Bonchev–Trinajstić information content (AvgIpc) is 3.43. The molecule has 7 heteroatoms. The van der Waals surface area contributed by atoms with E-state index in [0.29, 0.717) is 30.8 Å². The van der Waals surface area contributed by atoms with Crippen LogP contribution < -0.4 is 5.32 Å². The third-order valence-corrected chi connectivity index (χ3v) is 6.12. The molecule has 0 amide bonds. The molecule has 0 unspecified atom stereocenters. The quantitative estimate of drug-likeness (QED) is 0.610. The maximum Gasteiger partial charge on any atom is 0.359 e. The van der Waals surface area contributed by atoms with Crippen LogP contribution in [0.1, 0.15) is 59.8 Å². The van der Waals surface area contributed by atoms with Gasteiger partial charge in [-0.25, -0.2) is 14.8 Å². The number of aryl methyl sites for hydroxylation is 1. The van der Waals surface area contributed by atoms with Crippen molar-refractivity contribution in [2.45, 2.75) is 58.0 Å². The Kier molecular flexibility index (Phi) is 5.40. The normalized spacial score (nSPS) is 15.4. The summed E-state index contributed by atoms with van der Waals surface area (Å²) in [6.45, 7) is 2.71. The summed E-state index contributed by atoms with van der Waals surface area (Å²) in [5.41, 5.74) is 5.32. The number of anilines is 1. The van der Waals surface area contributed by atoms with Gasteiger partial charge in [0.1, 0.15) is 0 Å². The maximum absolute atomic E-state index is 12.6. The highest BCUT2D eigenvalue weighted by molar-refractivity contribution is 5.91. The number of hydrogen-bond donors (Lipinski definition) is 1. The minimum atomic E-state index is -0.368. The van der Waals surface area contributed by atoms with Crippen LogP contribution in [0.25, 0.3) is 11.4 Å². The van der Waals surface area contributed by atoms with Gasteiger partial charge < -0.3 is 10.1 Å². The first kappa shape index (κ1) is 19.7. The molecule has 1 aromatic carbocycles. The molecule has 3 aromatic rings. The second kappa shape index (κ2) is 8.49. The molecule has 2 aliphatic carbocycles. The highest BCUT2D eigenvalue weighted by atomic mass is 16.5.